The van der Waals surface area contributed by atoms with Crippen LogP contribution in [0, 0.1) is 0 Å². The molecule has 0 atom stereocenters. The predicted molar refractivity (Wildman–Crippen MR) is 86.2 cm³/mol. The van der Waals surface area contributed by atoms with E-state index in [1.807, 2.05) is 25.1 Å². The number of benzene rings is 1. The first kappa shape index (κ1) is 14.3. The molecule has 3 nitrogen and oxygen atoms in total. The molecule has 1 aromatic rings. The molecular formula is C17H19NO2S. The number of esters is 1. The Hall–Kier alpha value is -1.68. The minimum atomic E-state index is -0.158. The lowest BCUT2D eigenvalue weighted by molar-refractivity contribution is -0.138. The van der Waals surface area contributed by atoms with E-state index in [2.05, 4.69) is 22.4 Å². The van der Waals surface area contributed by atoms with Gasteiger partial charge in [0.05, 0.1) is 22.9 Å². The maximum atomic E-state index is 12.2. The van der Waals surface area contributed by atoms with Crippen LogP contribution in [0.25, 0.3) is 5.70 Å². The van der Waals surface area contributed by atoms with Crippen LogP contribution in [0.3, 0.4) is 0 Å². The van der Waals surface area contributed by atoms with Gasteiger partial charge in [0.2, 0.25) is 0 Å². The summed E-state index contributed by atoms with van der Waals surface area (Å²) in [6.07, 6.45) is 2.95. The molecule has 110 valence electrons. The number of thioether (sulfide) groups is 1. The highest BCUT2D eigenvalue weighted by molar-refractivity contribution is 8.06. The molecule has 0 aromatic heterocycles. The lowest BCUT2D eigenvalue weighted by Crippen LogP contribution is -2.19. The molecule has 0 saturated heterocycles. The Bertz CT molecular complexity index is 592. The normalized spacial score (nSPS) is 18.1. The molecule has 0 aliphatic carbocycles. The summed E-state index contributed by atoms with van der Waals surface area (Å²) >= 11 is 1.65. The molecule has 0 radical (unpaired) electrons. The summed E-state index contributed by atoms with van der Waals surface area (Å²) in [7, 11) is 0. The molecule has 0 amide bonds. The van der Waals surface area contributed by atoms with Crippen LogP contribution in [0.15, 0.2) is 46.3 Å². The highest BCUT2D eigenvalue weighted by Crippen LogP contribution is 2.43. The number of nitrogens with zero attached hydrogens (tertiary/aromatic N) is 1. The average molecular weight is 301 g/mol. The van der Waals surface area contributed by atoms with Gasteiger partial charge in [-0.3, -0.25) is 0 Å². The highest BCUT2D eigenvalue weighted by atomic mass is 32.2. The van der Waals surface area contributed by atoms with Crippen LogP contribution in [-0.2, 0) is 9.53 Å². The van der Waals surface area contributed by atoms with E-state index < -0.39 is 0 Å². The summed E-state index contributed by atoms with van der Waals surface area (Å²) in [4.78, 5) is 14.5. The predicted octanol–water partition coefficient (Wildman–Crippen LogP) is 3.99. The lowest BCUT2D eigenvalue weighted by atomic mass is 10.1. The SMILES string of the molecule is CCOC(=O)C1=C2SC=C(c3ccccc3)N2CCCC1. The number of rotatable bonds is 3. The Labute approximate surface area is 129 Å². The zero-order valence-corrected chi connectivity index (χ0v) is 13.0. The summed E-state index contributed by atoms with van der Waals surface area (Å²) in [6, 6.07) is 10.4. The zero-order chi connectivity index (χ0) is 14.7. The summed E-state index contributed by atoms with van der Waals surface area (Å²) < 4.78 is 5.23. The van der Waals surface area contributed by atoms with Gasteiger partial charge in [0.25, 0.3) is 0 Å². The maximum absolute atomic E-state index is 12.2. The van der Waals surface area contributed by atoms with Crippen molar-refractivity contribution in [3.05, 3.63) is 51.9 Å². The van der Waals surface area contributed by atoms with Crippen LogP contribution in [0.4, 0.5) is 0 Å². The van der Waals surface area contributed by atoms with E-state index in [4.69, 9.17) is 4.74 Å². The number of carbonyl (C=O) groups excluding carboxylic acids is 1. The molecule has 2 heterocycles. The lowest BCUT2D eigenvalue weighted by Gasteiger charge is -2.23. The van der Waals surface area contributed by atoms with Crippen molar-refractivity contribution in [2.24, 2.45) is 0 Å². The van der Waals surface area contributed by atoms with Gasteiger partial charge < -0.3 is 9.64 Å². The van der Waals surface area contributed by atoms with E-state index in [0.29, 0.717) is 6.61 Å². The Morgan fingerprint density at radius 1 is 1.29 bits per heavy atom. The Morgan fingerprint density at radius 2 is 2.10 bits per heavy atom. The van der Waals surface area contributed by atoms with Gasteiger partial charge in [-0.1, -0.05) is 42.1 Å². The molecule has 0 N–H and O–H groups in total. The van der Waals surface area contributed by atoms with Crippen molar-refractivity contribution in [1.29, 1.82) is 0 Å². The fourth-order valence-corrected chi connectivity index (χ4v) is 3.85. The van der Waals surface area contributed by atoms with E-state index in [0.717, 1.165) is 36.4 Å². The molecule has 0 unspecified atom stereocenters. The minimum absolute atomic E-state index is 0.158. The summed E-state index contributed by atoms with van der Waals surface area (Å²) in [5.74, 6) is -0.158. The van der Waals surface area contributed by atoms with Gasteiger partial charge in [-0.05, 0) is 31.7 Å². The van der Waals surface area contributed by atoms with Crippen molar-refractivity contribution < 1.29 is 9.53 Å². The van der Waals surface area contributed by atoms with E-state index in [9.17, 15) is 4.79 Å². The van der Waals surface area contributed by atoms with E-state index in [-0.39, 0.29) is 5.97 Å². The largest absolute Gasteiger partial charge is 0.463 e. The highest BCUT2D eigenvalue weighted by Gasteiger charge is 2.30. The van der Waals surface area contributed by atoms with Crippen molar-refractivity contribution in [2.75, 3.05) is 13.2 Å². The Morgan fingerprint density at radius 3 is 2.86 bits per heavy atom. The molecule has 2 aliphatic heterocycles. The summed E-state index contributed by atoms with van der Waals surface area (Å²) in [6.45, 7) is 3.25. The summed E-state index contributed by atoms with van der Waals surface area (Å²) in [5.41, 5.74) is 3.23. The third-order valence-corrected chi connectivity index (χ3v) is 4.76. The van der Waals surface area contributed by atoms with Crippen molar-refractivity contribution in [3.63, 3.8) is 0 Å². The van der Waals surface area contributed by atoms with Crippen LogP contribution in [0.1, 0.15) is 31.7 Å². The van der Waals surface area contributed by atoms with Crippen molar-refractivity contribution >= 4 is 23.4 Å². The molecule has 0 saturated carbocycles. The molecule has 1 aromatic carbocycles. The molecule has 3 rings (SSSR count). The first-order valence-corrected chi connectivity index (χ1v) is 8.29. The van der Waals surface area contributed by atoms with Crippen LogP contribution in [0.2, 0.25) is 0 Å². The number of hydrogen-bond donors (Lipinski definition) is 0. The molecule has 21 heavy (non-hydrogen) atoms. The van der Waals surface area contributed by atoms with Crippen molar-refractivity contribution in [2.45, 2.75) is 26.2 Å². The number of hydrogen-bond acceptors (Lipinski definition) is 4. The second-order valence-corrected chi connectivity index (χ2v) is 5.96. The fraction of sp³-hybridized carbons (Fsp3) is 0.353. The first-order valence-electron chi connectivity index (χ1n) is 7.41. The van der Waals surface area contributed by atoms with Crippen LogP contribution in [-0.4, -0.2) is 24.0 Å². The first-order chi connectivity index (χ1) is 10.3. The summed E-state index contributed by atoms with van der Waals surface area (Å²) in [5, 5.41) is 3.21. The van der Waals surface area contributed by atoms with E-state index in [1.165, 1.54) is 11.3 Å². The molecule has 4 heteroatoms. The molecule has 0 spiro atoms. The maximum Gasteiger partial charge on any atom is 0.336 e. The molecular weight excluding hydrogens is 282 g/mol. The van der Waals surface area contributed by atoms with Crippen LogP contribution >= 0.6 is 11.8 Å². The Balaban J connectivity index is 1.94. The topological polar surface area (TPSA) is 29.5 Å². The number of ether oxygens (including phenoxy) is 1. The number of fused-ring (bicyclic) bond motifs is 1. The fourth-order valence-electron chi connectivity index (χ4n) is 2.72. The van der Waals surface area contributed by atoms with Crippen molar-refractivity contribution in [3.8, 4) is 0 Å². The Kier molecular flexibility index (Phi) is 4.34. The zero-order valence-electron chi connectivity index (χ0n) is 12.2. The average Bonchev–Trinajstić information content (AvgIpc) is 2.81. The van der Waals surface area contributed by atoms with Crippen molar-refractivity contribution in [1.82, 2.24) is 4.90 Å². The quantitative estimate of drug-likeness (QED) is 0.789. The monoisotopic (exact) mass is 301 g/mol. The number of carbonyl (C=O) groups is 1. The second-order valence-electron chi connectivity index (χ2n) is 5.10. The molecule has 0 fully saturated rings. The molecule has 2 aliphatic rings. The second kappa shape index (κ2) is 6.39. The van der Waals surface area contributed by atoms with E-state index in [1.54, 1.807) is 11.8 Å². The van der Waals surface area contributed by atoms with Gasteiger partial charge >= 0.3 is 5.97 Å². The smallest absolute Gasteiger partial charge is 0.336 e. The van der Waals surface area contributed by atoms with Crippen LogP contribution < -0.4 is 0 Å². The minimum Gasteiger partial charge on any atom is -0.463 e. The standard InChI is InChI=1S/C17H19NO2S/c1-2-20-17(19)14-10-6-7-11-18-15(12-21-16(14)18)13-8-4-3-5-9-13/h3-5,8-9,12H,2,6-7,10-11H2,1H3. The van der Waals surface area contributed by atoms with E-state index >= 15 is 0 Å². The van der Waals surface area contributed by atoms with Gasteiger partial charge in [0.1, 0.15) is 0 Å². The van der Waals surface area contributed by atoms with Crippen LogP contribution in [0.5, 0.6) is 0 Å². The van der Waals surface area contributed by atoms with Gasteiger partial charge in [-0.2, -0.15) is 0 Å². The van der Waals surface area contributed by atoms with Gasteiger partial charge in [0.15, 0.2) is 0 Å². The molecule has 0 bridgehead atoms. The third-order valence-electron chi connectivity index (χ3n) is 3.73. The van der Waals surface area contributed by atoms with Gasteiger partial charge in [-0.15, -0.1) is 0 Å². The van der Waals surface area contributed by atoms with Gasteiger partial charge in [0, 0.05) is 12.0 Å². The van der Waals surface area contributed by atoms with Gasteiger partial charge in [-0.25, -0.2) is 4.79 Å². The third kappa shape index (κ3) is 2.86.